The van der Waals surface area contributed by atoms with Gasteiger partial charge in [-0.1, -0.05) is 18.2 Å². The number of methoxy groups -OCH3 is 2. The summed E-state index contributed by atoms with van der Waals surface area (Å²) in [6.45, 7) is 3.25. The van der Waals surface area contributed by atoms with E-state index >= 15 is 0 Å². The molecule has 1 atom stereocenters. The Morgan fingerprint density at radius 1 is 1.21 bits per heavy atom. The first-order valence-electron chi connectivity index (χ1n) is 9.35. The Labute approximate surface area is 169 Å². The van der Waals surface area contributed by atoms with Crippen LogP contribution in [0.1, 0.15) is 36.1 Å². The highest BCUT2D eigenvalue weighted by Crippen LogP contribution is 2.39. The number of nitro benzene ring substituents is 1. The highest BCUT2D eigenvalue weighted by atomic mass is 16.6. The van der Waals surface area contributed by atoms with Crippen LogP contribution >= 0.6 is 0 Å². The molecule has 0 radical (unpaired) electrons. The van der Waals surface area contributed by atoms with Gasteiger partial charge in [0.1, 0.15) is 0 Å². The van der Waals surface area contributed by atoms with Crippen LogP contribution in [0.15, 0.2) is 36.4 Å². The predicted octanol–water partition coefficient (Wildman–Crippen LogP) is 3.62. The van der Waals surface area contributed by atoms with E-state index in [1.54, 1.807) is 19.2 Å². The highest BCUT2D eigenvalue weighted by Gasteiger charge is 2.33. The van der Waals surface area contributed by atoms with E-state index in [2.05, 4.69) is 0 Å². The Balaban J connectivity index is 1.97. The fourth-order valence-electron chi connectivity index (χ4n) is 3.69. The fourth-order valence-corrected chi connectivity index (χ4v) is 3.69. The zero-order valence-electron chi connectivity index (χ0n) is 16.7. The van der Waals surface area contributed by atoms with Gasteiger partial charge in [-0.3, -0.25) is 19.8 Å². The van der Waals surface area contributed by atoms with Crippen molar-refractivity contribution in [1.82, 2.24) is 4.90 Å². The van der Waals surface area contributed by atoms with Crippen LogP contribution in [-0.2, 0) is 22.6 Å². The summed E-state index contributed by atoms with van der Waals surface area (Å²) in [7, 11) is 2.92. The monoisotopic (exact) mass is 400 g/mol. The summed E-state index contributed by atoms with van der Waals surface area (Å²) in [4.78, 5) is 25.2. The molecule has 154 valence electrons. The molecule has 1 heterocycles. The van der Waals surface area contributed by atoms with E-state index in [4.69, 9.17) is 14.2 Å². The van der Waals surface area contributed by atoms with E-state index in [-0.39, 0.29) is 29.0 Å². The topological polar surface area (TPSA) is 91.1 Å². The minimum atomic E-state index is -0.363. The summed E-state index contributed by atoms with van der Waals surface area (Å²) < 4.78 is 15.9. The molecule has 1 unspecified atom stereocenters. The second-order valence-corrected chi connectivity index (χ2v) is 6.72. The van der Waals surface area contributed by atoms with Crippen LogP contribution in [0.3, 0.4) is 0 Å². The second-order valence-electron chi connectivity index (χ2n) is 6.72. The van der Waals surface area contributed by atoms with Gasteiger partial charge in [0.05, 0.1) is 32.2 Å². The second kappa shape index (κ2) is 8.91. The first kappa shape index (κ1) is 20.6. The maximum Gasteiger partial charge on any atom is 0.307 e. The number of nitro groups is 1. The van der Waals surface area contributed by atoms with Crippen molar-refractivity contribution in [3.05, 3.63) is 63.2 Å². The number of benzene rings is 2. The molecular formula is C21H24N2O6. The molecule has 1 aliphatic heterocycles. The van der Waals surface area contributed by atoms with Gasteiger partial charge < -0.3 is 14.2 Å². The molecule has 3 rings (SSSR count). The molecule has 0 aliphatic carbocycles. The quantitative estimate of drug-likeness (QED) is 0.380. The third-order valence-corrected chi connectivity index (χ3v) is 5.08. The molecule has 0 bridgehead atoms. The van der Waals surface area contributed by atoms with Gasteiger partial charge >= 0.3 is 5.97 Å². The van der Waals surface area contributed by atoms with Crippen molar-refractivity contribution >= 4 is 11.7 Å². The predicted molar refractivity (Wildman–Crippen MR) is 106 cm³/mol. The molecule has 0 spiro atoms. The lowest BCUT2D eigenvalue weighted by Crippen LogP contribution is -2.26. The molecule has 0 saturated carbocycles. The molecule has 0 fully saturated rings. The minimum Gasteiger partial charge on any atom is -0.493 e. The zero-order chi connectivity index (χ0) is 21.0. The van der Waals surface area contributed by atoms with E-state index in [1.807, 2.05) is 30.0 Å². The Hall–Kier alpha value is -3.13. The van der Waals surface area contributed by atoms with E-state index < -0.39 is 0 Å². The van der Waals surface area contributed by atoms with Crippen LogP contribution in [0.4, 0.5) is 5.69 Å². The van der Waals surface area contributed by atoms with Crippen molar-refractivity contribution in [2.45, 2.75) is 32.5 Å². The third-order valence-electron chi connectivity index (χ3n) is 5.08. The molecule has 29 heavy (non-hydrogen) atoms. The minimum absolute atomic E-state index is 0.103. The van der Waals surface area contributed by atoms with Crippen LogP contribution in [0, 0.1) is 10.1 Å². The zero-order valence-corrected chi connectivity index (χ0v) is 16.7. The summed E-state index contributed by atoms with van der Waals surface area (Å²) >= 11 is 0. The van der Waals surface area contributed by atoms with Crippen molar-refractivity contribution < 1.29 is 23.9 Å². The van der Waals surface area contributed by atoms with Crippen molar-refractivity contribution in [3.63, 3.8) is 0 Å². The summed E-state index contributed by atoms with van der Waals surface area (Å²) in [5.41, 5.74) is 2.54. The molecule has 1 aliphatic rings. The SMILES string of the molecule is CCOc1cc(C(CC(=O)OC)N2Cc3cccc([N+](=O)[O-])c3C2)ccc1OC. The first-order valence-corrected chi connectivity index (χ1v) is 9.35. The first-order chi connectivity index (χ1) is 14.0. The molecule has 0 saturated heterocycles. The van der Waals surface area contributed by atoms with Crippen molar-refractivity contribution in [3.8, 4) is 11.5 Å². The van der Waals surface area contributed by atoms with Crippen LogP contribution in [-0.4, -0.2) is 36.6 Å². The van der Waals surface area contributed by atoms with Crippen LogP contribution in [0.5, 0.6) is 11.5 Å². The molecule has 2 aromatic carbocycles. The molecule has 0 aromatic heterocycles. The Morgan fingerprint density at radius 3 is 2.66 bits per heavy atom. The normalized spacial score (nSPS) is 14.2. The molecule has 8 heteroatoms. The lowest BCUT2D eigenvalue weighted by molar-refractivity contribution is -0.385. The van der Waals surface area contributed by atoms with Crippen molar-refractivity contribution in [2.75, 3.05) is 20.8 Å². The van der Waals surface area contributed by atoms with E-state index in [9.17, 15) is 14.9 Å². The number of hydrogen-bond acceptors (Lipinski definition) is 7. The maximum absolute atomic E-state index is 12.1. The van der Waals surface area contributed by atoms with Gasteiger partial charge in [0.15, 0.2) is 11.5 Å². The number of carbonyl (C=O) groups excluding carboxylic acids is 1. The standard InChI is InChI=1S/C21H24N2O6/c1-4-29-20-10-14(8-9-19(20)27-2)18(11-21(24)28-3)22-12-15-6-5-7-17(23(25)26)16(15)13-22/h5-10,18H,4,11-13H2,1-3H3. The molecule has 0 N–H and O–H groups in total. The third kappa shape index (κ3) is 4.32. The van der Waals surface area contributed by atoms with Gasteiger partial charge in [-0.05, 0) is 30.2 Å². The average Bonchev–Trinajstić information content (AvgIpc) is 3.15. The van der Waals surface area contributed by atoms with E-state index in [1.165, 1.54) is 13.2 Å². The van der Waals surface area contributed by atoms with Gasteiger partial charge in [0.25, 0.3) is 5.69 Å². The van der Waals surface area contributed by atoms with Crippen LogP contribution in [0.25, 0.3) is 0 Å². The van der Waals surface area contributed by atoms with Crippen LogP contribution < -0.4 is 9.47 Å². The number of rotatable bonds is 8. The van der Waals surface area contributed by atoms with Gasteiger partial charge in [-0.25, -0.2) is 0 Å². The largest absolute Gasteiger partial charge is 0.493 e. The van der Waals surface area contributed by atoms with Gasteiger partial charge in [-0.15, -0.1) is 0 Å². The summed E-state index contributed by atoms with van der Waals surface area (Å²) in [5, 5.41) is 11.4. The summed E-state index contributed by atoms with van der Waals surface area (Å²) in [6.07, 6.45) is 0.121. The van der Waals surface area contributed by atoms with E-state index in [0.29, 0.717) is 36.8 Å². The average molecular weight is 400 g/mol. The lowest BCUT2D eigenvalue weighted by Gasteiger charge is -2.27. The number of fused-ring (bicyclic) bond motifs is 1. The smallest absolute Gasteiger partial charge is 0.307 e. The number of carbonyl (C=O) groups is 1. The maximum atomic E-state index is 12.1. The molecular weight excluding hydrogens is 376 g/mol. The molecule has 8 nitrogen and oxygen atoms in total. The van der Waals surface area contributed by atoms with Gasteiger partial charge in [0.2, 0.25) is 0 Å². The lowest BCUT2D eigenvalue weighted by atomic mass is 10.0. The Kier molecular flexibility index (Phi) is 6.33. The number of nitrogens with zero attached hydrogens (tertiary/aromatic N) is 2. The summed E-state index contributed by atoms with van der Waals surface area (Å²) in [5.74, 6) is 0.840. The Bertz CT molecular complexity index is 914. The van der Waals surface area contributed by atoms with Crippen LogP contribution in [0.2, 0.25) is 0 Å². The van der Waals surface area contributed by atoms with Crippen molar-refractivity contribution in [1.29, 1.82) is 0 Å². The summed E-state index contributed by atoms with van der Waals surface area (Å²) in [6, 6.07) is 10.3. The number of esters is 1. The van der Waals surface area contributed by atoms with Gasteiger partial charge in [0, 0.05) is 30.8 Å². The number of ether oxygens (including phenoxy) is 3. The fraction of sp³-hybridized carbons (Fsp3) is 0.381. The highest BCUT2D eigenvalue weighted by molar-refractivity contribution is 5.70. The molecule has 2 aromatic rings. The number of hydrogen-bond donors (Lipinski definition) is 0. The molecule has 0 amide bonds. The Morgan fingerprint density at radius 2 is 2.00 bits per heavy atom. The van der Waals surface area contributed by atoms with Crippen molar-refractivity contribution in [2.24, 2.45) is 0 Å². The van der Waals surface area contributed by atoms with E-state index in [0.717, 1.165) is 11.1 Å². The van der Waals surface area contributed by atoms with Gasteiger partial charge in [-0.2, -0.15) is 0 Å².